The molecule has 0 aliphatic rings. The van der Waals surface area contributed by atoms with Crippen molar-refractivity contribution in [2.75, 3.05) is 79.4 Å². The van der Waals surface area contributed by atoms with Gasteiger partial charge in [-0.15, -0.1) is 0 Å². The van der Waals surface area contributed by atoms with Gasteiger partial charge in [-0.3, -0.25) is 47.1 Å². The minimum Gasteiger partial charge on any atom is -0.466 e. The van der Waals surface area contributed by atoms with E-state index >= 15 is 0 Å². The number of carbonyl (C=O) groups is 4. The summed E-state index contributed by atoms with van der Waals surface area (Å²) in [6, 6.07) is 27.6. The SMILES string of the molecule is CCCCOC(=O)C(C)NP(C)(=O)NCC(C)C(=O)OCC.CCOC(=O)C(C)CNP(C)(=O)O.CCOC(=O)C(C)CNP(C)(=O)OCc1ccccc1.CP(=O)(Cl)OCc1ccccc1.CP(=O)(O)OCc1ccccc1. The molecule has 0 aliphatic carbocycles. The van der Waals surface area contributed by atoms with Crippen LogP contribution in [-0.2, 0) is 94.3 Å². The number of hydrogen-bond acceptors (Lipinski definition) is 16. The topological polar surface area (TPSA) is 307 Å². The minimum atomic E-state index is -3.33. The number of benzene rings is 3. The lowest BCUT2D eigenvalue weighted by molar-refractivity contribution is -0.148. The number of hydrogen-bond donors (Lipinski definition) is 6. The van der Waals surface area contributed by atoms with E-state index in [1.807, 2.05) is 97.9 Å². The van der Waals surface area contributed by atoms with Gasteiger partial charge in [-0.1, -0.05) is 125 Å². The van der Waals surface area contributed by atoms with Crippen LogP contribution in [0.2, 0.25) is 0 Å². The van der Waals surface area contributed by atoms with Crippen LogP contribution in [0.4, 0.5) is 0 Å². The Hall–Kier alpha value is -3.38. The Morgan fingerprint density at radius 3 is 1.20 bits per heavy atom. The quantitative estimate of drug-likeness (QED) is 0.0156. The van der Waals surface area contributed by atoms with Crippen LogP contribution in [0.25, 0.3) is 0 Å². The second-order valence-corrected chi connectivity index (χ2v) is 30.1. The van der Waals surface area contributed by atoms with Crippen LogP contribution >= 0.6 is 48.0 Å². The Kier molecular flexibility index (Phi) is 41.7. The van der Waals surface area contributed by atoms with Crippen molar-refractivity contribution in [1.82, 2.24) is 20.3 Å². The molecule has 28 heteroatoms. The molecular weight excluding hydrogens is 1150 g/mol. The van der Waals surface area contributed by atoms with Crippen LogP contribution in [-0.4, -0.2) is 119 Å². The first-order chi connectivity index (χ1) is 36.7. The molecule has 0 radical (unpaired) electrons. The maximum atomic E-state index is 12.4. The third-order valence-electron chi connectivity index (χ3n) is 9.62. The predicted octanol–water partition coefficient (Wildman–Crippen LogP) is 10.6. The molecule has 0 fully saturated rings. The zero-order valence-corrected chi connectivity index (χ0v) is 53.2. The van der Waals surface area contributed by atoms with E-state index in [-0.39, 0.29) is 56.7 Å². The summed E-state index contributed by atoms with van der Waals surface area (Å²) in [6.45, 7) is 20.5. The fraction of sp³-hybridized carbons (Fsp3) is 0.569. The van der Waals surface area contributed by atoms with Gasteiger partial charge in [-0.2, -0.15) is 0 Å². The van der Waals surface area contributed by atoms with Crippen molar-refractivity contribution in [3.8, 4) is 0 Å². The summed E-state index contributed by atoms with van der Waals surface area (Å²) in [5.74, 6) is -2.62. The normalized spacial score (nSPS) is 16.1. The lowest BCUT2D eigenvalue weighted by Gasteiger charge is -2.21. The standard InChI is InChI=1S/C14H29N2O5P.C14H22NO4P.C8H10ClO2P.C8H11O3P.C7H16NO4P/c1-6-8-9-21-14(18)12(4)16-22(5,19)15-10-11(3)13(17)20-7-2;1-4-18-14(16)12(2)10-15-20(3,17)19-11-13-8-6-5-7-9-13;2*1-12(9,10)11-7-8-5-3-2-4-6-8;1-4-12-7(9)6(2)5-8-13(3,10)11/h11-12H,6-10H2,1-5H3,(H2,15,16,19);5-9,12H,4,10-11H2,1-3H3,(H,15,17);2-6H,7H2,1H3;2-6H,7H2,1H3,(H,9,10);6H,4-5H2,1-3H3,(H2,8,10,11). The fourth-order valence-corrected chi connectivity index (χ4v) is 9.46. The van der Waals surface area contributed by atoms with E-state index < -0.39 is 60.6 Å². The summed E-state index contributed by atoms with van der Waals surface area (Å²) >= 11 is 5.42. The van der Waals surface area contributed by atoms with E-state index in [1.54, 1.807) is 48.5 Å². The van der Waals surface area contributed by atoms with Crippen molar-refractivity contribution in [2.24, 2.45) is 17.8 Å². The first-order valence-corrected chi connectivity index (χ1v) is 36.8. The van der Waals surface area contributed by atoms with Gasteiger partial charge in [0.05, 0.1) is 64.0 Å². The van der Waals surface area contributed by atoms with Crippen LogP contribution in [0, 0.1) is 17.8 Å². The van der Waals surface area contributed by atoms with Crippen LogP contribution in [0.5, 0.6) is 0 Å². The van der Waals surface area contributed by atoms with Crippen molar-refractivity contribution < 1.29 is 84.3 Å². The van der Waals surface area contributed by atoms with Crippen molar-refractivity contribution in [1.29, 1.82) is 0 Å². The van der Waals surface area contributed by atoms with Crippen molar-refractivity contribution in [2.45, 2.75) is 94.1 Å². The van der Waals surface area contributed by atoms with E-state index in [4.69, 9.17) is 53.5 Å². The summed E-state index contributed by atoms with van der Waals surface area (Å²) < 4.78 is 91.6. The van der Waals surface area contributed by atoms with Gasteiger partial charge in [0, 0.05) is 53.0 Å². The zero-order valence-electron chi connectivity index (χ0n) is 48.0. The smallest absolute Gasteiger partial charge is 0.325 e. The molecule has 3 rings (SSSR count). The Bertz CT molecular complexity index is 2340. The molecule has 9 atom stereocenters. The molecule has 0 saturated heterocycles. The average Bonchev–Trinajstić information content (AvgIpc) is 3.38. The number of nitrogens with one attached hydrogen (secondary N) is 4. The molecule has 22 nitrogen and oxygen atoms in total. The minimum absolute atomic E-state index is 0.156. The van der Waals surface area contributed by atoms with Crippen LogP contribution in [0.1, 0.15) is 84.9 Å². The summed E-state index contributed by atoms with van der Waals surface area (Å²) in [5.41, 5.74) is 2.82. The van der Waals surface area contributed by atoms with Gasteiger partial charge in [-0.05, 0) is 62.0 Å². The highest BCUT2D eigenvalue weighted by atomic mass is 35.7. The number of rotatable bonds is 30. The monoisotopic (exact) mass is 1230 g/mol. The predicted molar refractivity (Wildman–Crippen MR) is 311 cm³/mol. The average molecular weight is 1240 g/mol. The molecular formula is C51H88ClN4O18P5. The van der Waals surface area contributed by atoms with Crippen molar-refractivity contribution in [3.05, 3.63) is 108 Å². The Morgan fingerprint density at radius 2 is 0.861 bits per heavy atom. The molecule has 0 aliphatic heterocycles. The fourth-order valence-electron chi connectivity index (χ4n) is 5.28. The van der Waals surface area contributed by atoms with Crippen LogP contribution < -0.4 is 20.3 Å². The molecule has 0 aromatic heterocycles. The number of unbranched alkanes of at least 4 members (excludes halogenated alkanes) is 1. The lowest BCUT2D eigenvalue weighted by atomic mass is 10.2. The summed E-state index contributed by atoms with van der Waals surface area (Å²) in [6.07, 6.45) is 1.74. The first kappa shape index (κ1) is 77.7. The molecule has 9 unspecified atom stereocenters. The molecule has 0 heterocycles. The van der Waals surface area contributed by atoms with Crippen LogP contribution in [0.3, 0.4) is 0 Å². The van der Waals surface area contributed by atoms with Gasteiger partial charge in [0.2, 0.25) is 7.44 Å². The molecule has 0 saturated carbocycles. The molecule has 452 valence electrons. The molecule has 6 N–H and O–H groups in total. The molecule has 0 spiro atoms. The summed E-state index contributed by atoms with van der Waals surface area (Å²) in [7, 11) is -12.5. The zero-order chi connectivity index (χ0) is 60.7. The van der Waals surface area contributed by atoms with Gasteiger partial charge in [-0.25, -0.2) is 15.3 Å². The van der Waals surface area contributed by atoms with Gasteiger partial charge in [0.25, 0.3) is 21.8 Å². The number of esters is 4. The van der Waals surface area contributed by atoms with E-state index in [9.17, 15) is 42.0 Å². The second-order valence-electron chi connectivity index (χ2n) is 17.9. The van der Waals surface area contributed by atoms with Crippen molar-refractivity contribution >= 4 is 71.9 Å². The summed E-state index contributed by atoms with van der Waals surface area (Å²) in [5, 5.41) is 10.7. The van der Waals surface area contributed by atoms with Crippen molar-refractivity contribution in [3.63, 3.8) is 0 Å². The van der Waals surface area contributed by atoms with Gasteiger partial charge >= 0.3 is 31.5 Å². The number of ether oxygens (including phenoxy) is 4. The highest BCUT2D eigenvalue weighted by Crippen LogP contribution is 2.48. The molecule has 0 amide bonds. The third kappa shape index (κ3) is 46.9. The Morgan fingerprint density at radius 1 is 0.506 bits per heavy atom. The van der Waals surface area contributed by atoms with E-state index in [0.717, 1.165) is 29.5 Å². The van der Waals surface area contributed by atoms with E-state index in [0.29, 0.717) is 33.0 Å². The number of halogens is 1. The third-order valence-corrected chi connectivity index (χ3v) is 14.9. The second kappa shape index (κ2) is 42.4. The summed E-state index contributed by atoms with van der Waals surface area (Å²) in [4.78, 5) is 63.4. The maximum absolute atomic E-state index is 12.4. The molecule has 3 aromatic carbocycles. The Labute approximate surface area is 473 Å². The molecule has 79 heavy (non-hydrogen) atoms. The van der Waals surface area contributed by atoms with Crippen LogP contribution in [0.15, 0.2) is 91.0 Å². The lowest BCUT2D eigenvalue weighted by Crippen LogP contribution is -2.38. The highest BCUT2D eigenvalue weighted by molar-refractivity contribution is 7.84. The molecule has 3 aromatic rings. The van der Waals surface area contributed by atoms with E-state index in [2.05, 4.69) is 20.3 Å². The highest BCUT2D eigenvalue weighted by Gasteiger charge is 2.26. The molecule has 0 bridgehead atoms. The largest absolute Gasteiger partial charge is 0.466 e. The van der Waals surface area contributed by atoms with Gasteiger partial charge in [0.1, 0.15) is 6.04 Å². The Balaban J connectivity index is 0. The van der Waals surface area contributed by atoms with Gasteiger partial charge in [0.15, 0.2) is 0 Å². The number of carbonyl (C=O) groups excluding carboxylic acids is 4. The van der Waals surface area contributed by atoms with E-state index in [1.165, 1.54) is 33.3 Å². The maximum Gasteiger partial charge on any atom is 0.325 e. The van der Waals surface area contributed by atoms with Gasteiger partial charge < -0.3 is 42.3 Å². The first-order valence-electron chi connectivity index (χ1n) is 25.5.